The van der Waals surface area contributed by atoms with Gasteiger partial charge in [0.2, 0.25) is 0 Å². The number of nitrogens with zero attached hydrogens (tertiary/aromatic N) is 1. The Labute approximate surface area is 193 Å². The number of benzene rings is 2. The van der Waals surface area contributed by atoms with Gasteiger partial charge >= 0.3 is 5.97 Å². The second-order valence-electron chi connectivity index (χ2n) is 7.80. The molecule has 31 heavy (non-hydrogen) atoms. The number of piperidine rings is 1. The van der Waals surface area contributed by atoms with E-state index >= 15 is 0 Å². The van der Waals surface area contributed by atoms with E-state index in [9.17, 15) is 9.90 Å². The SMILES string of the molecule is CCOC(=O)C1CCN(C[C@@H](O)COC(c2ccc(Cl)cc2)c2ccc(Cl)cc2)CC1. The number of carbonyl (C=O) groups is 1. The van der Waals surface area contributed by atoms with Gasteiger partial charge in [0.15, 0.2) is 0 Å². The molecule has 0 aliphatic carbocycles. The van der Waals surface area contributed by atoms with Gasteiger partial charge in [-0.25, -0.2) is 0 Å². The Balaban J connectivity index is 1.55. The third kappa shape index (κ3) is 7.19. The molecule has 2 aromatic carbocycles. The molecule has 1 saturated heterocycles. The van der Waals surface area contributed by atoms with Crippen molar-refractivity contribution < 1.29 is 19.4 Å². The maximum atomic E-state index is 11.9. The maximum absolute atomic E-state index is 11.9. The summed E-state index contributed by atoms with van der Waals surface area (Å²) in [4.78, 5) is 14.1. The number of ether oxygens (including phenoxy) is 2. The summed E-state index contributed by atoms with van der Waals surface area (Å²) in [6.07, 6.45) is 0.537. The van der Waals surface area contributed by atoms with Crippen molar-refractivity contribution in [2.45, 2.75) is 32.0 Å². The average Bonchev–Trinajstić information content (AvgIpc) is 2.77. The normalized spacial score (nSPS) is 16.4. The van der Waals surface area contributed by atoms with Gasteiger partial charge in [-0.3, -0.25) is 4.79 Å². The zero-order chi connectivity index (χ0) is 22.2. The van der Waals surface area contributed by atoms with Crippen molar-refractivity contribution in [1.29, 1.82) is 0 Å². The van der Waals surface area contributed by atoms with E-state index in [0.717, 1.165) is 37.1 Å². The molecular formula is C24H29Cl2NO4. The van der Waals surface area contributed by atoms with Gasteiger partial charge in [-0.05, 0) is 68.2 Å². The van der Waals surface area contributed by atoms with E-state index in [1.807, 2.05) is 55.5 Å². The zero-order valence-electron chi connectivity index (χ0n) is 17.7. The Morgan fingerprint density at radius 2 is 1.55 bits per heavy atom. The monoisotopic (exact) mass is 465 g/mol. The molecular weight excluding hydrogens is 437 g/mol. The molecule has 7 heteroatoms. The van der Waals surface area contributed by atoms with E-state index in [2.05, 4.69) is 4.90 Å². The van der Waals surface area contributed by atoms with Crippen molar-refractivity contribution in [1.82, 2.24) is 4.90 Å². The highest BCUT2D eigenvalue weighted by atomic mass is 35.5. The summed E-state index contributed by atoms with van der Waals surface area (Å²) in [5.74, 6) is -0.149. The topological polar surface area (TPSA) is 59.0 Å². The van der Waals surface area contributed by atoms with Crippen molar-refractivity contribution >= 4 is 29.2 Å². The number of carbonyl (C=O) groups excluding carboxylic acids is 1. The Hall–Kier alpha value is -1.63. The number of halogens is 2. The molecule has 0 unspecified atom stereocenters. The molecule has 2 aromatic rings. The largest absolute Gasteiger partial charge is 0.466 e. The lowest BCUT2D eigenvalue weighted by Crippen LogP contribution is -2.42. The minimum Gasteiger partial charge on any atom is -0.466 e. The Morgan fingerprint density at radius 1 is 1.03 bits per heavy atom. The Bertz CT molecular complexity index is 775. The minimum absolute atomic E-state index is 0.0382. The fraction of sp³-hybridized carbons (Fsp3) is 0.458. The van der Waals surface area contributed by atoms with Crippen molar-refractivity contribution in [2.75, 3.05) is 32.8 Å². The van der Waals surface area contributed by atoms with Crippen LogP contribution in [0.25, 0.3) is 0 Å². The quantitative estimate of drug-likeness (QED) is 0.542. The first kappa shape index (κ1) is 24.0. The molecule has 0 amide bonds. The van der Waals surface area contributed by atoms with Crippen molar-refractivity contribution in [3.63, 3.8) is 0 Å². The molecule has 3 rings (SSSR count). The van der Waals surface area contributed by atoms with E-state index in [0.29, 0.717) is 23.2 Å². The van der Waals surface area contributed by atoms with Crippen LogP contribution in [0, 0.1) is 5.92 Å². The first-order chi connectivity index (χ1) is 15.0. The van der Waals surface area contributed by atoms with Crippen LogP contribution in [0.3, 0.4) is 0 Å². The summed E-state index contributed by atoms with van der Waals surface area (Å²) >= 11 is 12.1. The number of hydrogen-bond acceptors (Lipinski definition) is 5. The fourth-order valence-electron chi connectivity index (χ4n) is 3.83. The lowest BCUT2D eigenvalue weighted by atomic mass is 9.97. The molecule has 0 radical (unpaired) electrons. The van der Waals surface area contributed by atoms with Crippen LogP contribution in [0.4, 0.5) is 0 Å². The van der Waals surface area contributed by atoms with Crippen LogP contribution < -0.4 is 0 Å². The first-order valence-electron chi connectivity index (χ1n) is 10.7. The zero-order valence-corrected chi connectivity index (χ0v) is 19.2. The number of rotatable bonds is 9. The predicted octanol–water partition coefficient (Wildman–Crippen LogP) is 4.74. The van der Waals surface area contributed by atoms with Gasteiger partial charge in [-0.2, -0.15) is 0 Å². The number of esters is 1. The summed E-state index contributed by atoms with van der Waals surface area (Å²) < 4.78 is 11.3. The molecule has 0 aromatic heterocycles. The Morgan fingerprint density at radius 3 is 2.03 bits per heavy atom. The Kier molecular flexibility index (Phi) is 9.17. The maximum Gasteiger partial charge on any atom is 0.309 e. The van der Waals surface area contributed by atoms with E-state index in [4.69, 9.17) is 32.7 Å². The molecule has 5 nitrogen and oxygen atoms in total. The third-order valence-electron chi connectivity index (χ3n) is 5.48. The lowest BCUT2D eigenvalue weighted by Gasteiger charge is -2.32. The summed E-state index contributed by atoms with van der Waals surface area (Å²) in [6, 6.07) is 15.0. The fourth-order valence-corrected chi connectivity index (χ4v) is 4.08. The lowest BCUT2D eigenvalue weighted by molar-refractivity contribution is -0.149. The van der Waals surface area contributed by atoms with Crippen LogP contribution in [-0.2, 0) is 14.3 Å². The molecule has 0 bridgehead atoms. The second-order valence-corrected chi connectivity index (χ2v) is 8.67. The van der Waals surface area contributed by atoms with Gasteiger partial charge in [0, 0.05) is 16.6 Å². The predicted molar refractivity (Wildman–Crippen MR) is 123 cm³/mol. The molecule has 1 heterocycles. The number of hydrogen-bond donors (Lipinski definition) is 1. The van der Waals surface area contributed by atoms with E-state index in [1.165, 1.54) is 0 Å². The van der Waals surface area contributed by atoms with Crippen molar-refractivity contribution in [3.8, 4) is 0 Å². The molecule has 1 atom stereocenters. The highest BCUT2D eigenvalue weighted by Gasteiger charge is 2.27. The third-order valence-corrected chi connectivity index (χ3v) is 5.98. The summed E-state index contributed by atoms with van der Waals surface area (Å²) in [5, 5.41) is 11.9. The van der Waals surface area contributed by atoms with Crippen LogP contribution in [0.15, 0.2) is 48.5 Å². The van der Waals surface area contributed by atoms with E-state index in [-0.39, 0.29) is 24.6 Å². The minimum atomic E-state index is -0.638. The van der Waals surface area contributed by atoms with Gasteiger partial charge in [0.25, 0.3) is 0 Å². The van der Waals surface area contributed by atoms with Crippen LogP contribution in [-0.4, -0.2) is 54.9 Å². The number of β-amino-alcohol motifs (C(OH)–C–C–N with tert-alkyl or cyclic N) is 1. The van der Waals surface area contributed by atoms with Crippen LogP contribution >= 0.6 is 23.2 Å². The highest BCUT2D eigenvalue weighted by Crippen LogP contribution is 2.28. The first-order valence-corrected chi connectivity index (χ1v) is 11.4. The van der Waals surface area contributed by atoms with Gasteiger partial charge in [0.1, 0.15) is 6.10 Å². The van der Waals surface area contributed by atoms with Crippen LogP contribution in [0.5, 0.6) is 0 Å². The smallest absolute Gasteiger partial charge is 0.309 e. The molecule has 1 aliphatic rings. The molecule has 1 aliphatic heterocycles. The summed E-state index contributed by atoms with van der Waals surface area (Å²) in [6.45, 7) is 4.45. The van der Waals surface area contributed by atoms with Gasteiger partial charge in [-0.15, -0.1) is 0 Å². The standard InChI is InChI=1S/C24H29Cl2NO4/c1-2-30-24(29)19-11-13-27(14-12-19)15-22(28)16-31-23(17-3-7-20(25)8-4-17)18-5-9-21(26)10-6-18/h3-10,19,22-23,28H,2,11-16H2,1H3/t22-/m1/s1. The second kappa shape index (κ2) is 11.8. The van der Waals surface area contributed by atoms with E-state index < -0.39 is 6.10 Å². The number of likely N-dealkylation sites (tertiary alicyclic amines) is 1. The summed E-state index contributed by atoms with van der Waals surface area (Å²) in [5.41, 5.74) is 1.91. The summed E-state index contributed by atoms with van der Waals surface area (Å²) in [7, 11) is 0. The number of aliphatic hydroxyl groups is 1. The van der Waals surface area contributed by atoms with E-state index in [1.54, 1.807) is 0 Å². The molecule has 0 spiro atoms. The van der Waals surface area contributed by atoms with Crippen LogP contribution in [0.1, 0.15) is 37.0 Å². The molecule has 1 fully saturated rings. The van der Waals surface area contributed by atoms with Crippen molar-refractivity contribution in [2.24, 2.45) is 5.92 Å². The van der Waals surface area contributed by atoms with Crippen LogP contribution in [0.2, 0.25) is 10.0 Å². The van der Waals surface area contributed by atoms with Gasteiger partial charge in [0.05, 0.1) is 25.2 Å². The molecule has 168 valence electrons. The highest BCUT2D eigenvalue weighted by molar-refractivity contribution is 6.30. The molecule has 0 saturated carbocycles. The van der Waals surface area contributed by atoms with Gasteiger partial charge in [-0.1, -0.05) is 47.5 Å². The molecule has 1 N–H and O–H groups in total. The van der Waals surface area contributed by atoms with Crippen molar-refractivity contribution in [3.05, 3.63) is 69.7 Å². The average molecular weight is 466 g/mol. The van der Waals surface area contributed by atoms with Gasteiger partial charge < -0.3 is 19.5 Å². The number of aliphatic hydroxyl groups excluding tert-OH is 1.